The summed E-state index contributed by atoms with van der Waals surface area (Å²) in [5.41, 5.74) is 5.35. The van der Waals surface area contributed by atoms with Crippen molar-refractivity contribution >= 4 is 38.9 Å². The fourth-order valence-electron chi connectivity index (χ4n) is 1.56. The van der Waals surface area contributed by atoms with Crippen molar-refractivity contribution in [2.75, 3.05) is 0 Å². The second-order valence-corrected chi connectivity index (χ2v) is 5.42. The number of amides is 1. The molecule has 1 aromatic heterocycles. The Balaban J connectivity index is 2.68. The molecule has 90 valence electrons. The maximum Gasteiger partial charge on any atom is 0.262 e. The molecule has 3 nitrogen and oxygen atoms in total. The van der Waals surface area contributed by atoms with E-state index in [2.05, 4.69) is 0 Å². The molecule has 0 aliphatic heterocycles. The third-order valence-corrected chi connectivity index (χ3v) is 3.58. The zero-order chi connectivity index (χ0) is 12.6. The second-order valence-electron chi connectivity index (χ2n) is 3.93. The minimum Gasteiger partial charge on any atom is -0.489 e. The van der Waals surface area contributed by atoms with Crippen LogP contribution < -0.4 is 10.5 Å². The average molecular weight is 270 g/mol. The molecule has 1 amide bonds. The number of thiophene rings is 1. The smallest absolute Gasteiger partial charge is 0.262 e. The van der Waals surface area contributed by atoms with Gasteiger partial charge in [-0.1, -0.05) is 11.6 Å². The van der Waals surface area contributed by atoms with Crippen molar-refractivity contribution in [1.82, 2.24) is 0 Å². The van der Waals surface area contributed by atoms with Gasteiger partial charge in [-0.05, 0) is 32.0 Å². The van der Waals surface area contributed by atoms with Crippen LogP contribution in [0.1, 0.15) is 23.5 Å². The van der Waals surface area contributed by atoms with Gasteiger partial charge in [-0.3, -0.25) is 4.79 Å². The lowest BCUT2D eigenvalue weighted by molar-refractivity contribution is 0.0999. The maximum absolute atomic E-state index is 11.4. The summed E-state index contributed by atoms with van der Waals surface area (Å²) in [5.74, 6) is 0.0629. The molecule has 17 heavy (non-hydrogen) atoms. The van der Waals surface area contributed by atoms with E-state index in [9.17, 15) is 4.79 Å². The number of ether oxygens (including phenoxy) is 1. The second kappa shape index (κ2) is 4.55. The van der Waals surface area contributed by atoms with Crippen LogP contribution >= 0.6 is 22.9 Å². The highest BCUT2D eigenvalue weighted by atomic mass is 35.5. The van der Waals surface area contributed by atoms with Crippen molar-refractivity contribution in [3.05, 3.63) is 28.1 Å². The highest BCUT2D eigenvalue weighted by Crippen LogP contribution is 2.39. The molecule has 0 fully saturated rings. The quantitative estimate of drug-likeness (QED) is 0.928. The monoisotopic (exact) mass is 269 g/mol. The van der Waals surface area contributed by atoms with Gasteiger partial charge in [0, 0.05) is 15.1 Å². The zero-order valence-electron chi connectivity index (χ0n) is 9.49. The first kappa shape index (κ1) is 12.2. The fraction of sp³-hybridized carbons (Fsp3) is 0.250. The summed E-state index contributed by atoms with van der Waals surface area (Å²) in [6, 6.07) is 5.43. The van der Waals surface area contributed by atoms with Gasteiger partial charge >= 0.3 is 0 Å². The van der Waals surface area contributed by atoms with E-state index in [0.29, 0.717) is 15.6 Å². The Bertz CT molecular complexity index is 577. The van der Waals surface area contributed by atoms with E-state index in [1.54, 1.807) is 12.1 Å². The van der Waals surface area contributed by atoms with Gasteiger partial charge in [0.05, 0.1) is 6.10 Å². The minimum absolute atomic E-state index is 0.0233. The molecule has 0 atom stereocenters. The van der Waals surface area contributed by atoms with E-state index in [1.807, 2.05) is 19.9 Å². The first-order valence-corrected chi connectivity index (χ1v) is 6.37. The summed E-state index contributed by atoms with van der Waals surface area (Å²) in [6.07, 6.45) is -0.0233. The molecule has 2 rings (SSSR count). The van der Waals surface area contributed by atoms with Gasteiger partial charge in [0.25, 0.3) is 5.91 Å². The predicted octanol–water partition coefficient (Wildman–Crippen LogP) is 3.44. The van der Waals surface area contributed by atoms with Gasteiger partial charge in [-0.2, -0.15) is 0 Å². The lowest BCUT2D eigenvalue weighted by atomic mass is 10.2. The van der Waals surface area contributed by atoms with Crippen molar-refractivity contribution in [2.24, 2.45) is 5.73 Å². The molecule has 0 saturated carbocycles. The van der Waals surface area contributed by atoms with Crippen LogP contribution in [-0.4, -0.2) is 12.0 Å². The third kappa shape index (κ3) is 2.37. The van der Waals surface area contributed by atoms with Gasteiger partial charge < -0.3 is 10.5 Å². The maximum atomic E-state index is 11.4. The van der Waals surface area contributed by atoms with Gasteiger partial charge in [-0.25, -0.2) is 0 Å². The Labute approximate surface area is 108 Å². The highest BCUT2D eigenvalue weighted by Gasteiger charge is 2.18. The summed E-state index contributed by atoms with van der Waals surface area (Å²) in [4.78, 5) is 11.8. The zero-order valence-corrected chi connectivity index (χ0v) is 11.1. The molecular weight excluding hydrogens is 258 g/mol. The molecule has 0 radical (unpaired) electrons. The first-order valence-electron chi connectivity index (χ1n) is 5.17. The van der Waals surface area contributed by atoms with Crippen molar-refractivity contribution in [3.8, 4) is 5.75 Å². The molecule has 0 aliphatic rings. The standard InChI is InChI=1S/C12H12ClNO2S/c1-6(2)16-10-8-5-7(13)3-4-9(8)17-11(10)12(14)15/h3-6H,1-2H3,(H2,14,15). The van der Waals surface area contributed by atoms with Crippen LogP contribution in [0.5, 0.6) is 5.75 Å². The molecular formula is C12H12ClNO2S. The molecule has 0 bridgehead atoms. The number of hydrogen-bond acceptors (Lipinski definition) is 3. The Kier molecular flexibility index (Phi) is 3.26. The molecule has 5 heteroatoms. The largest absolute Gasteiger partial charge is 0.489 e. The number of primary amides is 1. The third-order valence-electron chi connectivity index (χ3n) is 2.18. The number of benzene rings is 1. The van der Waals surface area contributed by atoms with Crippen LogP contribution in [0.4, 0.5) is 0 Å². The van der Waals surface area contributed by atoms with Crippen LogP contribution in [-0.2, 0) is 0 Å². The lowest BCUT2D eigenvalue weighted by Gasteiger charge is -2.09. The van der Waals surface area contributed by atoms with Crippen molar-refractivity contribution in [3.63, 3.8) is 0 Å². The van der Waals surface area contributed by atoms with Crippen molar-refractivity contribution in [2.45, 2.75) is 20.0 Å². The summed E-state index contributed by atoms with van der Waals surface area (Å²) < 4.78 is 6.61. The van der Waals surface area contributed by atoms with Gasteiger partial charge in [0.2, 0.25) is 0 Å². The topological polar surface area (TPSA) is 52.3 Å². The van der Waals surface area contributed by atoms with E-state index in [4.69, 9.17) is 22.1 Å². The number of hydrogen-bond donors (Lipinski definition) is 1. The van der Waals surface area contributed by atoms with Crippen LogP contribution in [0, 0.1) is 0 Å². The summed E-state index contributed by atoms with van der Waals surface area (Å²) in [7, 11) is 0. The molecule has 0 saturated heterocycles. The van der Waals surface area contributed by atoms with E-state index >= 15 is 0 Å². The molecule has 0 spiro atoms. The number of nitrogens with two attached hydrogens (primary N) is 1. The summed E-state index contributed by atoms with van der Waals surface area (Å²) in [5, 5.41) is 1.45. The highest BCUT2D eigenvalue weighted by molar-refractivity contribution is 7.21. The minimum atomic E-state index is -0.474. The summed E-state index contributed by atoms with van der Waals surface area (Å²) in [6.45, 7) is 3.80. The molecule has 2 N–H and O–H groups in total. The molecule has 2 aromatic rings. The Hall–Kier alpha value is -1.26. The van der Waals surface area contributed by atoms with Crippen molar-refractivity contribution in [1.29, 1.82) is 0 Å². The molecule has 1 aromatic carbocycles. The SMILES string of the molecule is CC(C)Oc1c(C(N)=O)sc2ccc(Cl)cc12. The van der Waals surface area contributed by atoms with E-state index in [0.717, 1.165) is 10.1 Å². The number of carbonyl (C=O) groups is 1. The van der Waals surface area contributed by atoms with Crippen molar-refractivity contribution < 1.29 is 9.53 Å². The van der Waals surface area contributed by atoms with Gasteiger partial charge in [-0.15, -0.1) is 11.3 Å². The Morgan fingerprint density at radius 1 is 1.47 bits per heavy atom. The van der Waals surface area contributed by atoms with Gasteiger partial charge in [0.15, 0.2) is 5.75 Å². The predicted molar refractivity (Wildman–Crippen MR) is 71.1 cm³/mol. The Morgan fingerprint density at radius 2 is 2.18 bits per heavy atom. The van der Waals surface area contributed by atoms with Gasteiger partial charge in [0.1, 0.15) is 4.88 Å². The van der Waals surface area contributed by atoms with E-state index in [1.165, 1.54) is 11.3 Å². The van der Waals surface area contributed by atoms with E-state index < -0.39 is 5.91 Å². The van der Waals surface area contributed by atoms with Crippen LogP contribution in [0.2, 0.25) is 5.02 Å². The normalized spacial score (nSPS) is 11.1. The number of rotatable bonds is 3. The van der Waals surface area contributed by atoms with Crippen LogP contribution in [0.3, 0.4) is 0 Å². The molecule has 1 heterocycles. The fourth-order valence-corrected chi connectivity index (χ4v) is 2.70. The number of fused-ring (bicyclic) bond motifs is 1. The molecule has 0 unspecified atom stereocenters. The van der Waals surface area contributed by atoms with Crippen LogP contribution in [0.25, 0.3) is 10.1 Å². The average Bonchev–Trinajstić information content (AvgIpc) is 2.56. The Morgan fingerprint density at radius 3 is 2.76 bits per heavy atom. The summed E-state index contributed by atoms with van der Waals surface area (Å²) >= 11 is 7.27. The van der Waals surface area contributed by atoms with Crippen LogP contribution in [0.15, 0.2) is 18.2 Å². The first-order chi connectivity index (χ1) is 7.99. The number of carbonyl (C=O) groups excluding carboxylic acids is 1. The van der Waals surface area contributed by atoms with E-state index in [-0.39, 0.29) is 6.10 Å². The lowest BCUT2D eigenvalue weighted by Crippen LogP contribution is -2.13. The number of halogens is 1. The molecule has 0 aliphatic carbocycles.